The summed E-state index contributed by atoms with van der Waals surface area (Å²) in [5.74, 6) is -1.54. The molecule has 0 aliphatic carbocycles. The largest absolute Gasteiger partial charge is 0.508 e. The number of phenols is 2. The first-order valence-electron chi connectivity index (χ1n) is 12.7. The monoisotopic (exact) mass is 578 g/mol. The van der Waals surface area contributed by atoms with Crippen LogP contribution in [-0.4, -0.2) is 102 Å². The van der Waals surface area contributed by atoms with Crippen molar-refractivity contribution in [3.63, 3.8) is 0 Å². The standard InChI is InChI=1S/C27H30O14/c1-9(28)22-18(33)20(35)26(39-22)37-13-7-14(31)16-15(8-13)38-24(11-3-5-12(30)6-4-11)25(17(16)32)41-27-21(36)19(34)23(40-27)10(2)29/h3-10,18-23,26-31,33-36H,1-2H3/t9-,10-,18-,19+,20+,21-,22+,23-,26+,27+/m0/s1. The lowest BCUT2D eigenvalue weighted by Gasteiger charge is -2.20. The maximum absolute atomic E-state index is 13.7. The molecule has 0 unspecified atom stereocenters. The van der Waals surface area contributed by atoms with Gasteiger partial charge in [0.25, 0.3) is 0 Å². The van der Waals surface area contributed by atoms with E-state index in [1.807, 2.05) is 0 Å². The first kappa shape index (κ1) is 29.0. The second-order valence-corrected chi connectivity index (χ2v) is 10.1. The molecule has 222 valence electrons. The molecule has 2 aliphatic heterocycles. The van der Waals surface area contributed by atoms with E-state index in [1.165, 1.54) is 44.2 Å². The number of aliphatic hydroxyl groups excluding tert-OH is 6. The Kier molecular flexibility index (Phi) is 7.84. The zero-order valence-electron chi connectivity index (χ0n) is 21.8. The van der Waals surface area contributed by atoms with E-state index in [1.54, 1.807) is 0 Å². The predicted molar refractivity (Wildman–Crippen MR) is 137 cm³/mol. The lowest BCUT2D eigenvalue weighted by atomic mass is 10.1. The molecule has 2 aromatic carbocycles. The Labute approximate surface area is 231 Å². The summed E-state index contributed by atoms with van der Waals surface area (Å²) in [6.45, 7) is 2.71. The lowest BCUT2D eigenvalue weighted by molar-refractivity contribution is -0.129. The van der Waals surface area contributed by atoms with Crippen molar-refractivity contribution in [2.75, 3.05) is 0 Å². The van der Waals surface area contributed by atoms with Crippen LogP contribution in [0.25, 0.3) is 22.3 Å². The quantitative estimate of drug-likeness (QED) is 0.173. The molecule has 3 heterocycles. The van der Waals surface area contributed by atoms with Gasteiger partial charge in [0.2, 0.25) is 23.8 Å². The number of fused-ring (bicyclic) bond motifs is 1. The Morgan fingerprint density at radius 1 is 0.780 bits per heavy atom. The summed E-state index contributed by atoms with van der Waals surface area (Å²) in [4.78, 5) is 13.7. The van der Waals surface area contributed by atoms with E-state index in [-0.39, 0.29) is 33.8 Å². The van der Waals surface area contributed by atoms with Crippen LogP contribution in [-0.2, 0) is 9.47 Å². The molecule has 3 aromatic rings. The molecule has 41 heavy (non-hydrogen) atoms. The lowest BCUT2D eigenvalue weighted by Crippen LogP contribution is -2.38. The minimum absolute atomic E-state index is 0.0852. The summed E-state index contributed by atoms with van der Waals surface area (Å²) < 4.78 is 28.1. The molecule has 8 N–H and O–H groups in total. The first-order valence-corrected chi connectivity index (χ1v) is 12.7. The molecule has 0 radical (unpaired) electrons. The first-order chi connectivity index (χ1) is 19.4. The van der Waals surface area contributed by atoms with Gasteiger partial charge in [0.05, 0.1) is 12.2 Å². The van der Waals surface area contributed by atoms with E-state index in [0.717, 1.165) is 6.07 Å². The highest BCUT2D eigenvalue weighted by Gasteiger charge is 2.48. The zero-order chi connectivity index (χ0) is 29.7. The Morgan fingerprint density at radius 3 is 1.83 bits per heavy atom. The van der Waals surface area contributed by atoms with Crippen LogP contribution in [0.4, 0.5) is 0 Å². The van der Waals surface area contributed by atoms with Crippen LogP contribution in [0.15, 0.2) is 45.6 Å². The fourth-order valence-electron chi connectivity index (χ4n) is 4.82. The minimum Gasteiger partial charge on any atom is -0.508 e. The maximum Gasteiger partial charge on any atom is 0.239 e. The molecular weight excluding hydrogens is 548 g/mol. The van der Waals surface area contributed by atoms with Gasteiger partial charge in [0, 0.05) is 17.7 Å². The fourth-order valence-corrected chi connectivity index (χ4v) is 4.82. The smallest absolute Gasteiger partial charge is 0.239 e. The van der Waals surface area contributed by atoms with E-state index in [4.69, 9.17) is 23.4 Å². The molecule has 0 amide bonds. The van der Waals surface area contributed by atoms with Gasteiger partial charge in [0.15, 0.2) is 5.76 Å². The summed E-state index contributed by atoms with van der Waals surface area (Å²) >= 11 is 0. The van der Waals surface area contributed by atoms with E-state index >= 15 is 0 Å². The number of phenolic OH excluding ortho intramolecular Hbond substituents is 2. The van der Waals surface area contributed by atoms with Crippen molar-refractivity contribution in [3.8, 4) is 34.3 Å². The molecule has 0 spiro atoms. The maximum atomic E-state index is 13.7. The number of rotatable bonds is 7. The predicted octanol–water partition coefficient (Wildman–Crippen LogP) is -0.716. The number of aromatic hydroxyl groups is 2. The number of aliphatic hydroxyl groups is 6. The number of hydrogen-bond donors (Lipinski definition) is 8. The molecule has 2 aliphatic rings. The molecule has 14 heteroatoms. The van der Waals surface area contributed by atoms with Gasteiger partial charge in [0.1, 0.15) is 64.8 Å². The summed E-state index contributed by atoms with van der Waals surface area (Å²) in [6.07, 6.45) is -13.9. The topological polar surface area (TPSA) is 229 Å². The third kappa shape index (κ3) is 5.31. The van der Waals surface area contributed by atoms with Crippen molar-refractivity contribution >= 4 is 11.0 Å². The number of benzene rings is 2. The number of hydrogen-bond acceptors (Lipinski definition) is 14. The molecule has 0 bridgehead atoms. The molecule has 0 saturated carbocycles. The highest BCUT2D eigenvalue weighted by molar-refractivity contribution is 5.88. The van der Waals surface area contributed by atoms with E-state index in [2.05, 4.69) is 0 Å². The SMILES string of the molecule is C[C@H](O)[C@@H]1O[C@H](Oc2c(-c3ccc(O)cc3)oc3cc(O[C@@H]4O[C@H]([C@H](C)O)[C@@H](O)[C@H]4O)cc(O)c3c2=O)[C@@H](O)[C@H]1O. The molecule has 5 rings (SSSR count). The zero-order valence-corrected chi connectivity index (χ0v) is 21.8. The van der Waals surface area contributed by atoms with Crippen LogP contribution in [0.1, 0.15) is 13.8 Å². The van der Waals surface area contributed by atoms with Gasteiger partial charge in [-0.05, 0) is 38.1 Å². The van der Waals surface area contributed by atoms with Gasteiger partial charge < -0.3 is 64.2 Å². The van der Waals surface area contributed by atoms with E-state index in [9.17, 15) is 45.6 Å². The van der Waals surface area contributed by atoms with Crippen molar-refractivity contribution in [1.29, 1.82) is 0 Å². The molecule has 14 nitrogen and oxygen atoms in total. The van der Waals surface area contributed by atoms with Gasteiger partial charge in [-0.25, -0.2) is 0 Å². The third-order valence-electron chi connectivity index (χ3n) is 6.99. The van der Waals surface area contributed by atoms with Gasteiger partial charge in [-0.15, -0.1) is 0 Å². The molecule has 2 fully saturated rings. The van der Waals surface area contributed by atoms with E-state index < -0.39 is 78.3 Å². The van der Waals surface area contributed by atoms with Crippen molar-refractivity contribution in [1.82, 2.24) is 0 Å². The molecule has 2 saturated heterocycles. The average Bonchev–Trinajstić information content (AvgIpc) is 3.36. The second kappa shape index (κ2) is 11.1. The Balaban J connectivity index is 1.57. The van der Waals surface area contributed by atoms with Gasteiger partial charge in [-0.3, -0.25) is 4.79 Å². The highest BCUT2D eigenvalue weighted by atomic mass is 16.7. The van der Waals surface area contributed by atoms with Crippen LogP contribution in [0.5, 0.6) is 23.0 Å². The summed E-state index contributed by atoms with van der Waals surface area (Å²) in [6, 6.07) is 7.71. The summed E-state index contributed by atoms with van der Waals surface area (Å²) in [7, 11) is 0. The average molecular weight is 579 g/mol. The van der Waals surface area contributed by atoms with E-state index in [0.29, 0.717) is 0 Å². The summed E-state index contributed by atoms with van der Waals surface area (Å²) in [5, 5.41) is 80.9. The van der Waals surface area contributed by atoms with Crippen molar-refractivity contribution in [2.45, 2.75) is 75.3 Å². The number of ether oxygens (including phenoxy) is 4. The van der Waals surface area contributed by atoms with Crippen molar-refractivity contribution in [2.24, 2.45) is 0 Å². The van der Waals surface area contributed by atoms with Crippen molar-refractivity contribution in [3.05, 3.63) is 46.6 Å². The normalized spacial score (nSPS) is 31.3. The Bertz CT molecular complexity index is 1450. The molecule has 10 atom stereocenters. The van der Waals surface area contributed by atoms with Gasteiger partial charge in [-0.2, -0.15) is 0 Å². The van der Waals surface area contributed by atoms with Crippen LogP contribution in [0, 0.1) is 0 Å². The Morgan fingerprint density at radius 2 is 1.32 bits per heavy atom. The fraction of sp³-hybridized carbons (Fsp3) is 0.444. The van der Waals surface area contributed by atoms with Crippen LogP contribution < -0.4 is 14.9 Å². The Hall–Kier alpha value is -3.47. The van der Waals surface area contributed by atoms with Crippen LogP contribution in [0.3, 0.4) is 0 Å². The molecule has 1 aromatic heterocycles. The molecular formula is C27H30O14. The van der Waals surface area contributed by atoms with Crippen LogP contribution >= 0.6 is 0 Å². The van der Waals surface area contributed by atoms with Gasteiger partial charge >= 0.3 is 0 Å². The van der Waals surface area contributed by atoms with Crippen molar-refractivity contribution < 1.29 is 64.2 Å². The van der Waals surface area contributed by atoms with Gasteiger partial charge in [-0.1, -0.05) is 0 Å². The second-order valence-electron chi connectivity index (χ2n) is 10.1. The minimum atomic E-state index is -1.65. The third-order valence-corrected chi connectivity index (χ3v) is 6.99. The highest BCUT2D eigenvalue weighted by Crippen LogP contribution is 2.39. The summed E-state index contributed by atoms with van der Waals surface area (Å²) in [5.41, 5.74) is -0.860. The van der Waals surface area contributed by atoms with Crippen LogP contribution in [0.2, 0.25) is 0 Å².